The number of carbonyl (C=O) groups excluding carboxylic acids is 1. The molecule has 1 aromatic heterocycles. The minimum absolute atomic E-state index is 0.0984. The lowest BCUT2D eigenvalue weighted by Gasteiger charge is -2.30. The average molecular weight is 534 g/mol. The number of aromatic nitrogens is 2. The Morgan fingerprint density at radius 1 is 1.16 bits per heavy atom. The first-order valence-electron chi connectivity index (χ1n) is 12.9. The summed E-state index contributed by atoms with van der Waals surface area (Å²) < 4.78 is 44.6. The highest BCUT2D eigenvalue weighted by Crippen LogP contribution is 2.39. The smallest absolute Gasteiger partial charge is 0.223 e. The second-order valence-electron chi connectivity index (χ2n) is 10.2. The predicted molar refractivity (Wildman–Crippen MR) is 140 cm³/mol. The van der Waals surface area contributed by atoms with Crippen LogP contribution in [0.1, 0.15) is 63.6 Å². The van der Waals surface area contributed by atoms with Gasteiger partial charge in [-0.2, -0.15) is 0 Å². The molecule has 0 saturated heterocycles. The first-order chi connectivity index (χ1) is 18.1. The number of aliphatic hydroxyl groups excluding tert-OH is 1. The number of anilines is 3. The number of hydrogen-bond acceptors (Lipinski definition) is 5. The van der Waals surface area contributed by atoms with E-state index in [1.165, 1.54) is 0 Å². The van der Waals surface area contributed by atoms with Gasteiger partial charge in [-0.15, -0.1) is 0 Å². The van der Waals surface area contributed by atoms with Crippen LogP contribution in [0.2, 0.25) is 0 Å². The van der Waals surface area contributed by atoms with E-state index < -0.39 is 29.2 Å². The molecule has 9 nitrogen and oxygen atoms in total. The summed E-state index contributed by atoms with van der Waals surface area (Å²) >= 11 is 0. The van der Waals surface area contributed by atoms with Crippen LogP contribution in [-0.2, 0) is 4.79 Å². The molecule has 3 atom stereocenters. The van der Waals surface area contributed by atoms with Crippen LogP contribution in [0, 0.1) is 36.2 Å². The molecule has 1 aromatic carbocycles. The molecule has 1 amide bonds. The van der Waals surface area contributed by atoms with E-state index in [1.54, 1.807) is 11.5 Å². The van der Waals surface area contributed by atoms with E-state index in [-0.39, 0.29) is 41.7 Å². The number of aliphatic imine (C=N–C) groups is 2. The van der Waals surface area contributed by atoms with Gasteiger partial charge in [-0.1, -0.05) is 6.92 Å². The van der Waals surface area contributed by atoms with Crippen molar-refractivity contribution in [3.63, 3.8) is 0 Å². The summed E-state index contributed by atoms with van der Waals surface area (Å²) in [5, 5.41) is 16.1. The number of nitrogens with two attached hydrogens (primary N) is 1. The molecule has 0 radical (unpaired) electrons. The normalized spacial score (nSPS) is 26.2. The molecule has 0 unspecified atom stereocenters. The molecule has 5 N–H and O–H groups in total. The molecule has 0 bridgehead atoms. The largest absolute Gasteiger partial charge is 0.393 e. The van der Waals surface area contributed by atoms with Crippen molar-refractivity contribution >= 4 is 36.0 Å². The molecule has 4 rings (SSSR count). The van der Waals surface area contributed by atoms with Crippen LogP contribution in [-0.4, -0.2) is 45.4 Å². The van der Waals surface area contributed by atoms with Gasteiger partial charge in [-0.3, -0.25) is 9.36 Å². The van der Waals surface area contributed by atoms with E-state index >= 15 is 0 Å². The van der Waals surface area contributed by atoms with Crippen molar-refractivity contribution in [3.05, 3.63) is 35.3 Å². The van der Waals surface area contributed by atoms with E-state index in [1.807, 2.05) is 6.92 Å². The number of aliphatic hydroxyl groups is 1. The third-order valence-electron chi connectivity index (χ3n) is 7.64. The highest BCUT2D eigenvalue weighted by molar-refractivity contribution is 5.96. The van der Waals surface area contributed by atoms with Crippen molar-refractivity contribution in [1.29, 1.82) is 0 Å². The number of nitrogens with zero attached hydrogens (tertiary/aromatic N) is 4. The molecule has 38 heavy (non-hydrogen) atoms. The van der Waals surface area contributed by atoms with Crippen LogP contribution in [0.4, 0.5) is 30.6 Å². The summed E-state index contributed by atoms with van der Waals surface area (Å²) in [6.45, 7) is 7.34. The van der Waals surface area contributed by atoms with Crippen LogP contribution >= 0.6 is 0 Å². The van der Waals surface area contributed by atoms with Gasteiger partial charge >= 0.3 is 0 Å². The zero-order chi connectivity index (χ0) is 27.6. The Morgan fingerprint density at radius 2 is 1.84 bits per heavy atom. The molecule has 0 aliphatic heterocycles. The molecular weight excluding hydrogens is 499 g/mol. The Hall–Kier alpha value is -3.41. The van der Waals surface area contributed by atoms with E-state index in [0.717, 1.165) is 18.9 Å². The van der Waals surface area contributed by atoms with Gasteiger partial charge in [-0.05, 0) is 76.6 Å². The first-order valence-corrected chi connectivity index (χ1v) is 12.9. The van der Waals surface area contributed by atoms with E-state index in [4.69, 9.17) is 5.73 Å². The van der Waals surface area contributed by atoms with Crippen molar-refractivity contribution in [1.82, 2.24) is 9.55 Å². The summed E-state index contributed by atoms with van der Waals surface area (Å²) in [6.07, 6.45) is 3.86. The molecule has 2 saturated carbocycles. The van der Waals surface area contributed by atoms with Crippen LogP contribution in [0.15, 0.2) is 22.1 Å². The number of imidazole rings is 1. The van der Waals surface area contributed by atoms with Crippen molar-refractivity contribution in [3.8, 4) is 0 Å². The number of primary amides is 1. The van der Waals surface area contributed by atoms with Crippen molar-refractivity contribution < 1.29 is 23.1 Å². The minimum atomic E-state index is -1.36. The summed E-state index contributed by atoms with van der Waals surface area (Å²) in [4.78, 5) is 24.9. The highest BCUT2D eigenvalue weighted by Gasteiger charge is 2.31. The van der Waals surface area contributed by atoms with Crippen LogP contribution < -0.4 is 16.4 Å². The number of aryl methyl sites for hydroxylation is 1. The number of amides is 1. The first kappa shape index (κ1) is 27.6. The lowest BCUT2D eigenvalue weighted by atomic mass is 9.85. The number of halogens is 3. The topological polar surface area (TPSA) is 130 Å². The fraction of sp³-hybridized carbons (Fsp3) is 0.538. The van der Waals surface area contributed by atoms with Gasteiger partial charge in [0, 0.05) is 12.0 Å². The molecule has 0 spiro atoms. The Morgan fingerprint density at radius 3 is 2.47 bits per heavy atom. The highest BCUT2D eigenvalue weighted by atomic mass is 19.2. The third-order valence-corrected chi connectivity index (χ3v) is 7.64. The Kier molecular flexibility index (Phi) is 8.39. The zero-order valence-corrected chi connectivity index (χ0v) is 21.6. The van der Waals surface area contributed by atoms with Crippen molar-refractivity contribution in [2.75, 3.05) is 10.6 Å². The van der Waals surface area contributed by atoms with Crippen LogP contribution in [0.3, 0.4) is 0 Å². The quantitative estimate of drug-likeness (QED) is 0.245. The predicted octanol–water partition coefficient (Wildman–Crippen LogP) is 4.59. The fourth-order valence-corrected chi connectivity index (χ4v) is 5.30. The lowest BCUT2D eigenvalue weighted by molar-refractivity contribution is -0.122. The van der Waals surface area contributed by atoms with E-state index in [0.29, 0.717) is 49.7 Å². The molecule has 12 heteroatoms. The van der Waals surface area contributed by atoms with Crippen LogP contribution in [0.5, 0.6) is 0 Å². The minimum Gasteiger partial charge on any atom is -0.393 e. The summed E-state index contributed by atoms with van der Waals surface area (Å²) in [5.41, 5.74) is 5.33. The lowest BCUT2D eigenvalue weighted by Crippen LogP contribution is -2.31. The second kappa shape index (κ2) is 11.5. The van der Waals surface area contributed by atoms with Gasteiger partial charge in [0.1, 0.15) is 17.3 Å². The molecular formula is C26H34F3N7O2. The van der Waals surface area contributed by atoms with E-state index in [9.17, 15) is 23.1 Å². The maximum atomic E-state index is 14.5. The summed E-state index contributed by atoms with van der Waals surface area (Å²) in [7, 11) is 0. The molecule has 206 valence electrons. The number of rotatable bonds is 6. The maximum Gasteiger partial charge on any atom is 0.223 e. The summed E-state index contributed by atoms with van der Waals surface area (Å²) in [5.74, 6) is -3.14. The number of hydrogen-bond donors (Lipinski definition) is 4. The van der Waals surface area contributed by atoms with Gasteiger partial charge in [0.05, 0.1) is 17.8 Å². The van der Waals surface area contributed by atoms with Gasteiger partial charge in [0.2, 0.25) is 17.8 Å². The molecule has 2 fully saturated rings. The van der Waals surface area contributed by atoms with Gasteiger partial charge in [0.15, 0.2) is 11.6 Å². The van der Waals surface area contributed by atoms with Gasteiger partial charge in [0.25, 0.3) is 0 Å². The molecule has 2 aliphatic carbocycles. The average Bonchev–Trinajstić information content (AvgIpc) is 3.20. The Bertz CT molecular complexity index is 1220. The Labute approximate surface area is 219 Å². The number of carbonyl (C=O) groups is 1. The maximum absolute atomic E-state index is 14.5. The SMILES string of the molecule is C=NC(=N[C@@H]1CC[C@@H](C)[C@H](O)C1)Nc1c(C)nc(Nc2c(F)ccc(F)c2F)n1C1CCC(C(N)=O)CC1. The van der Waals surface area contributed by atoms with Crippen molar-refractivity contribution in [2.24, 2.45) is 27.6 Å². The fourth-order valence-electron chi connectivity index (χ4n) is 5.30. The Balaban J connectivity index is 1.69. The number of benzene rings is 1. The number of nitrogens with one attached hydrogen (secondary N) is 2. The standard InChI is InChI=1S/C26H34F3N7O2/c1-13-4-7-16(12-20(13)37)33-25(31-3)35-24-14(2)32-26(34-22-19(28)11-10-18(27)21(22)29)36(24)17-8-5-15(6-9-17)23(30)38/h10-11,13,15-17,20,37H,3-9,12H2,1-2H3,(H2,30,38)(H,32,34)(H,33,35)/t13-,15?,16-,17?,20-/m1/s1. The number of guanidine groups is 1. The molecule has 2 aromatic rings. The van der Waals surface area contributed by atoms with Crippen molar-refractivity contribution in [2.45, 2.75) is 77.0 Å². The third kappa shape index (κ3) is 5.85. The monoisotopic (exact) mass is 533 g/mol. The zero-order valence-electron chi connectivity index (χ0n) is 21.6. The van der Waals surface area contributed by atoms with Crippen LogP contribution in [0.25, 0.3) is 0 Å². The van der Waals surface area contributed by atoms with E-state index in [2.05, 4.69) is 32.3 Å². The second-order valence-corrected chi connectivity index (χ2v) is 10.2. The molecule has 2 aliphatic rings. The molecule has 1 heterocycles. The summed E-state index contributed by atoms with van der Waals surface area (Å²) in [6, 6.07) is 1.20. The van der Waals surface area contributed by atoms with Gasteiger partial charge in [-0.25, -0.2) is 28.1 Å². The van der Waals surface area contributed by atoms with Gasteiger partial charge < -0.3 is 21.5 Å².